The van der Waals surface area contributed by atoms with Gasteiger partial charge in [0.1, 0.15) is 11.5 Å². The van der Waals surface area contributed by atoms with E-state index in [0.717, 1.165) is 5.56 Å². The summed E-state index contributed by atoms with van der Waals surface area (Å²) in [6.07, 6.45) is -0.209. The molecule has 7 heteroatoms. The van der Waals surface area contributed by atoms with Gasteiger partial charge >= 0.3 is 5.97 Å². The molecule has 0 saturated heterocycles. The van der Waals surface area contributed by atoms with Crippen molar-refractivity contribution in [2.24, 2.45) is 0 Å². The summed E-state index contributed by atoms with van der Waals surface area (Å²) >= 11 is 6.01. The highest BCUT2D eigenvalue weighted by Crippen LogP contribution is 2.24. The number of nitrogens with one attached hydrogen (secondary N) is 1. The summed E-state index contributed by atoms with van der Waals surface area (Å²) in [6, 6.07) is 11.6. The summed E-state index contributed by atoms with van der Waals surface area (Å²) in [5.74, 6) is -0.373. The third-order valence-corrected chi connectivity index (χ3v) is 4.05. The average molecular weight is 378 g/mol. The highest BCUT2D eigenvalue weighted by Gasteiger charge is 2.16. The van der Waals surface area contributed by atoms with Gasteiger partial charge in [0.05, 0.1) is 17.7 Å². The van der Waals surface area contributed by atoms with Gasteiger partial charge in [-0.3, -0.25) is 4.79 Å². The van der Waals surface area contributed by atoms with Crippen LogP contribution in [0.3, 0.4) is 0 Å². The molecule has 0 radical (unpaired) electrons. The van der Waals surface area contributed by atoms with Gasteiger partial charge in [-0.2, -0.15) is 0 Å². The summed E-state index contributed by atoms with van der Waals surface area (Å²) in [7, 11) is 1.47. The fourth-order valence-electron chi connectivity index (χ4n) is 2.33. The lowest BCUT2D eigenvalue weighted by molar-refractivity contribution is -0.127. The molecule has 1 unspecified atom stereocenters. The molecule has 6 nitrogen and oxygen atoms in total. The molecule has 0 fully saturated rings. The monoisotopic (exact) mass is 377 g/mol. The fraction of sp³-hybridized carbons (Fsp3) is 0.263. The number of carbonyl (C=O) groups excluding carboxylic acids is 1. The second-order valence-electron chi connectivity index (χ2n) is 5.56. The van der Waals surface area contributed by atoms with E-state index in [-0.39, 0.29) is 11.5 Å². The van der Waals surface area contributed by atoms with Crippen molar-refractivity contribution in [3.8, 4) is 11.5 Å². The Morgan fingerprint density at radius 3 is 2.58 bits per heavy atom. The number of methoxy groups -OCH3 is 1. The molecule has 2 N–H and O–H groups in total. The largest absolute Gasteiger partial charge is 0.496 e. The van der Waals surface area contributed by atoms with E-state index in [4.69, 9.17) is 26.2 Å². The molecule has 0 saturated carbocycles. The first-order valence-corrected chi connectivity index (χ1v) is 8.39. The van der Waals surface area contributed by atoms with Crippen LogP contribution < -0.4 is 14.8 Å². The minimum atomic E-state index is -1.02. The number of rotatable bonds is 8. The summed E-state index contributed by atoms with van der Waals surface area (Å²) in [6.45, 7) is 2.00. The first-order chi connectivity index (χ1) is 12.4. The van der Waals surface area contributed by atoms with Gasteiger partial charge in [0.25, 0.3) is 5.91 Å². The Morgan fingerprint density at radius 1 is 1.19 bits per heavy atom. The van der Waals surface area contributed by atoms with Crippen LogP contribution in [-0.2, 0) is 11.2 Å². The molecule has 2 aromatic rings. The van der Waals surface area contributed by atoms with Gasteiger partial charge in [0.2, 0.25) is 0 Å². The third kappa shape index (κ3) is 5.13. The van der Waals surface area contributed by atoms with Crippen molar-refractivity contribution in [3.05, 3.63) is 58.6 Å². The Labute approximate surface area is 156 Å². The van der Waals surface area contributed by atoms with Gasteiger partial charge in [-0.25, -0.2) is 4.79 Å². The van der Waals surface area contributed by atoms with Crippen molar-refractivity contribution in [2.45, 2.75) is 19.4 Å². The van der Waals surface area contributed by atoms with Gasteiger partial charge in [-0.15, -0.1) is 0 Å². The molecule has 0 aliphatic heterocycles. The van der Waals surface area contributed by atoms with E-state index in [2.05, 4.69) is 5.32 Å². The highest BCUT2D eigenvalue weighted by atomic mass is 35.5. The smallest absolute Gasteiger partial charge is 0.335 e. The zero-order valence-corrected chi connectivity index (χ0v) is 15.2. The Kier molecular flexibility index (Phi) is 6.86. The van der Waals surface area contributed by atoms with E-state index >= 15 is 0 Å². The molecule has 0 spiro atoms. The van der Waals surface area contributed by atoms with Crippen LogP contribution in [0.15, 0.2) is 42.5 Å². The van der Waals surface area contributed by atoms with Crippen molar-refractivity contribution in [3.63, 3.8) is 0 Å². The molecule has 26 heavy (non-hydrogen) atoms. The summed E-state index contributed by atoms with van der Waals surface area (Å²) in [4.78, 5) is 23.2. The summed E-state index contributed by atoms with van der Waals surface area (Å²) in [5, 5.41) is 12.2. The number of aromatic carboxylic acids is 1. The van der Waals surface area contributed by atoms with Crippen LogP contribution in [0.4, 0.5) is 0 Å². The Balaban J connectivity index is 1.90. The van der Waals surface area contributed by atoms with Crippen molar-refractivity contribution < 1.29 is 24.2 Å². The van der Waals surface area contributed by atoms with E-state index in [1.165, 1.54) is 19.2 Å². The number of para-hydroxylation sites is 1. The predicted molar refractivity (Wildman–Crippen MR) is 98.2 cm³/mol. The van der Waals surface area contributed by atoms with Crippen molar-refractivity contribution >= 4 is 23.5 Å². The average Bonchev–Trinajstić information content (AvgIpc) is 2.63. The zero-order valence-electron chi connectivity index (χ0n) is 14.5. The number of benzene rings is 2. The van der Waals surface area contributed by atoms with Crippen LogP contribution >= 0.6 is 11.6 Å². The molecule has 0 aliphatic carbocycles. The Morgan fingerprint density at radius 2 is 1.92 bits per heavy atom. The number of carboxylic acids is 1. The number of hydrogen-bond donors (Lipinski definition) is 2. The minimum Gasteiger partial charge on any atom is -0.496 e. The number of halogens is 1. The number of hydrogen-bond acceptors (Lipinski definition) is 4. The van der Waals surface area contributed by atoms with Crippen LogP contribution in [0.2, 0.25) is 5.02 Å². The molecule has 0 heterocycles. The molecule has 2 rings (SSSR count). The van der Waals surface area contributed by atoms with Crippen molar-refractivity contribution in [1.82, 2.24) is 5.32 Å². The lowest BCUT2D eigenvalue weighted by Crippen LogP contribution is -2.37. The lowest BCUT2D eigenvalue weighted by atomic mass is 10.1. The summed E-state index contributed by atoms with van der Waals surface area (Å²) in [5.41, 5.74) is 0.953. The maximum Gasteiger partial charge on any atom is 0.335 e. The van der Waals surface area contributed by atoms with Gasteiger partial charge in [0, 0.05) is 6.54 Å². The van der Waals surface area contributed by atoms with Gasteiger partial charge < -0.3 is 19.9 Å². The molecular weight excluding hydrogens is 358 g/mol. The van der Waals surface area contributed by atoms with Crippen LogP contribution in [0.25, 0.3) is 0 Å². The second-order valence-corrected chi connectivity index (χ2v) is 5.97. The SMILES string of the molecule is COc1cc(C(=O)O)ccc1CCNC(=O)C(C)Oc1ccccc1Cl. The first kappa shape index (κ1) is 19.6. The molecule has 1 atom stereocenters. The molecule has 138 valence electrons. The zero-order chi connectivity index (χ0) is 19.1. The van der Waals surface area contributed by atoms with E-state index in [1.807, 2.05) is 0 Å². The minimum absolute atomic E-state index is 0.149. The topological polar surface area (TPSA) is 84.9 Å². The molecule has 0 aromatic heterocycles. The maximum atomic E-state index is 12.2. The van der Waals surface area contributed by atoms with Gasteiger partial charge in [-0.05, 0) is 43.2 Å². The molecule has 0 aliphatic rings. The lowest BCUT2D eigenvalue weighted by Gasteiger charge is -2.16. The third-order valence-electron chi connectivity index (χ3n) is 3.74. The van der Waals surface area contributed by atoms with Crippen LogP contribution in [-0.4, -0.2) is 36.7 Å². The van der Waals surface area contributed by atoms with Gasteiger partial charge in [0.15, 0.2) is 6.10 Å². The molecule has 1 amide bonds. The quantitative estimate of drug-likeness (QED) is 0.738. The Bertz CT molecular complexity index is 793. The van der Waals surface area contributed by atoms with E-state index in [0.29, 0.717) is 29.5 Å². The number of carboxylic acid groups (broad SMARTS) is 1. The van der Waals surface area contributed by atoms with Gasteiger partial charge in [-0.1, -0.05) is 29.8 Å². The van der Waals surface area contributed by atoms with Crippen LogP contribution in [0.5, 0.6) is 11.5 Å². The van der Waals surface area contributed by atoms with Crippen LogP contribution in [0, 0.1) is 0 Å². The first-order valence-electron chi connectivity index (χ1n) is 8.01. The summed E-state index contributed by atoms with van der Waals surface area (Å²) < 4.78 is 10.8. The molecular formula is C19H20ClNO5. The second kappa shape index (κ2) is 9.10. The molecule has 2 aromatic carbocycles. The predicted octanol–water partition coefficient (Wildman–Crippen LogP) is 3.17. The number of carbonyl (C=O) groups is 2. The van der Waals surface area contributed by atoms with Crippen molar-refractivity contribution in [2.75, 3.05) is 13.7 Å². The molecule has 0 bridgehead atoms. The van der Waals surface area contributed by atoms with E-state index in [1.54, 1.807) is 37.3 Å². The van der Waals surface area contributed by atoms with E-state index < -0.39 is 12.1 Å². The number of amides is 1. The normalized spacial score (nSPS) is 11.5. The standard InChI is InChI=1S/C19H20ClNO5/c1-12(26-16-6-4-3-5-15(16)20)18(22)21-10-9-13-7-8-14(19(23)24)11-17(13)25-2/h3-8,11-12H,9-10H2,1-2H3,(H,21,22)(H,23,24). The number of ether oxygens (including phenoxy) is 2. The maximum absolute atomic E-state index is 12.2. The fourth-order valence-corrected chi connectivity index (χ4v) is 2.51. The van der Waals surface area contributed by atoms with Crippen LogP contribution in [0.1, 0.15) is 22.8 Å². The Hall–Kier alpha value is -2.73. The highest BCUT2D eigenvalue weighted by molar-refractivity contribution is 6.32. The van der Waals surface area contributed by atoms with E-state index in [9.17, 15) is 9.59 Å². The van der Waals surface area contributed by atoms with Crippen molar-refractivity contribution in [1.29, 1.82) is 0 Å².